The number of nitrogens with zero attached hydrogens (tertiary/aromatic N) is 1. The second kappa shape index (κ2) is 9.29. The number of amides is 1. The number of hydrogen-bond donors (Lipinski definition) is 2. The molecule has 0 spiro atoms. The molecule has 6 nitrogen and oxygen atoms in total. The number of benzene rings is 2. The lowest BCUT2D eigenvalue weighted by Crippen LogP contribution is -2.30. The Morgan fingerprint density at radius 2 is 1.85 bits per heavy atom. The van der Waals surface area contributed by atoms with Crippen LogP contribution in [0.4, 0.5) is 8.78 Å². The smallest absolute Gasteiger partial charge is 0.268 e. The van der Waals surface area contributed by atoms with Crippen molar-refractivity contribution in [1.29, 1.82) is 0 Å². The number of pyridine rings is 1. The Kier molecular flexibility index (Phi) is 6.58. The first-order valence-electron chi connectivity index (χ1n) is 10.3. The molecule has 10 heteroatoms. The molecular weight excluding hydrogens is 483 g/mol. The number of aromatic amines is 1. The Morgan fingerprint density at radius 1 is 1.15 bits per heavy atom. The lowest BCUT2D eigenvalue weighted by Gasteiger charge is -2.19. The average Bonchev–Trinajstić information content (AvgIpc) is 3.16. The number of nitrogens with one attached hydrogen (secondary N) is 2. The van der Waals surface area contributed by atoms with Crippen LogP contribution >= 0.6 is 19.0 Å². The maximum Gasteiger partial charge on any atom is 0.268 e. The molecule has 2 aromatic heterocycles. The van der Waals surface area contributed by atoms with Crippen LogP contribution in [0, 0.1) is 25.6 Å². The van der Waals surface area contributed by atoms with Crippen molar-refractivity contribution in [2.75, 3.05) is 7.11 Å². The fourth-order valence-corrected chi connectivity index (χ4v) is 6.45. The Bertz CT molecular complexity index is 1430. The third kappa shape index (κ3) is 4.37. The molecule has 0 aliphatic carbocycles. The number of carbonyl (C=O) groups is 1. The van der Waals surface area contributed by atoms with E-state index in [1.165, 1.54) is 7.11 Å². The summed E-state index contributed by atoms with van der Waals surface area (Å²) in [7, 11) is -2.48. The summed E-state index contributed by atoms with van der Waals surface area (Å²) in [5.74, 6) is -2.58. The zero-order chi connectivity index (χ0) is 24.6. The van der Waals surface area contributed by atoms with Crippen molar-refractivity contribution in [1.82, 2.24) is 15.3 Å². The topological polar surface area (TPSA) is 84.1 Å². The summed E-state index contributed by atoms with van der Waals surface area (Å²) in [5.41, 5.74) is 1.81. The van der Waals surface area contributed by atoms with E-state index in [1.807, 2.05) is 19.9 Å². The Hall–Kier alpha value is -3.06. The highest BCUT2D eigenvalue weighted by molar-refractivity contribution is 7.75. The first-order valence-corrected chi connectivity index (χ1v) is 12.3. The molecule has 176 valence electrons. The maximum absolute atomic E-state index is 14.4. The standard InChI is InChI=1S/C24H21ClF2N3O3P/c1-13-8-14(2)10-16(9-13)34(32,33-3)22-17-11-15(25)4-5-20(17)30-21(22)24(31)29-12-18-19(26)6-7-28-23(18)27/h4-11,30H,12H2,1-3H3,(H,29,31). The molecule has 0 saturated carbocycles. The van der Waals surface area contributed by atoms with Crippen molar-refractivity contribution in [3.8, 4) is 0 Å². The molecule has 2 aromatic carbocycles. The van der Waals surface area contributed by atoms with Gasteiger partial charge < -0.3 is 14.8 Å². The molecule has 0 fully saturated rings. The molecule has 0 aliphatic rings. The fraction of sp³-hybridized carbons (Fsp3) is 0.167. The van der Waals surface area contributed by atoms with E-state index in [-0.39, 0.29) is 16.6 Å². The van der Waals surface area contributed by atoms with Crippen LogP contribution in [0.5, 0.6) is 0 Å². The van der Waals surface area contributed by atoms with Crippen LogP contribution in [-0.2, 0) is 15.6 Å². The quantitative estimate of drug-likeness (QED) is 0.289. The normalized spacial score (nSPS) is 13.1. The first kappa shape index (κ1) is 24.1. The molecule has 4 rings (SSSR count). The van der Waals surface area contributed by atoms with Gasteiger partial charge in [-0.25, -0.2) is 9.37 Å². The number of H-pyrrole nitrogens is 1. The van der Waals surface area contributed by atoms with Crippen LogP contribution in [0.2, 0.25) is 5.02 Å². The van der Waals surface area contributed by atoms with Crippen LogP contribution in [0.25, 0.3) is 10.9 Å². The second-order valence-electron chi connectivity index (χ2n) is 7.86. The molecule has 0 aliphatic heterocycles. The summed E-state index contributed by atoms with van der Waals surface area (Å²) >= 11 is 6.21. The van der Waals surface area contributed by atoms with Gasteiger partial charge in [-0.05, 0) is 50.2 Å². The molecule has 1 unspecified atom stereocenters. The lowest BCUT2D eigenvalue weighted by atomic mass is 10.2. The zero-order valence-electron chi connectivity index (χ0n) is 18.6. The van der Waals surface area contributed by atoms with E-state index < -0.39 is 31.6 Å². The number of aryl methyl sites for hydroxylation is 2. The van der Waals surface area contributed by atoms with Crippen molar-refractivity contribution < 1.29 is 22.7 Å². The fourth-order valence-electron chi connectivity index (χ4n) is 3.93. The van der Waals surface area contributed by atoms with Gasteiger partial charge in [-0.2, -0.15) is 4.39 Å². The molecule has 2 heterocycles. The largest absolute Gasteiger partial charge is 0.350 e. The van der Waals surface area contributed by atoms with E-state index in [4.69, 9.17) is 16.1 Å². The molecule has 2 N–H and O–H groups in total. The van der Waals surface area contributed by atoms with Crippen LogP contribution < -0.4 is 15.9 Å². The molecule has 0 saturated heterocycles. The van der Waals surface area contributed by atoms with Crippen molar-refractivity contribution in [2.24, 2.45) is 0 Å². The van der Waals surface area contributed by atoms with E-state index in [0.29, 0.717) is 21.2 Å². The highest BCUT2D eigenvalue weighted by Crippen LogP contribution is 2.47. The number of hydrogen-bond acceptors (Lipinski definition) is 4. The molecule has 4 aromatic rings. The predicted octanol–water partition coefficient (Wildman–Crippen LogP) is 4.92. The minimum atomic E-state index is -3.79. The SMILES string of the molecule is COP(=O)(c1cc(C)cc(C)c1)c1c(C(=O)NCc2c(F)ccnc2F)[nH]c2ccc(Cl)cc12. The maximum atomic E-state index is 14.4. The highest BCUT2D eigenvalue weighted by atomic mass is 35.5. The van der Waals surface area contributed by atoms with Crippen molar-refractivity contribution in [3.05, 3.63) is 87.8 Å². The Morgan fingerprint density at radius 3 is 2.50 bits per heavy atom. The molecule has 0 bridgehead atoms. The number of carbonyl (C=O) groups excluding carboxylic acids is 1. The summed E-state index contributed by atoms with van der Waals surface area (Å²) in [5, 5.41) is 3.84. The minimum absolute atomic E-state index is 0.0497. The van der Waals surface area contributed by atoms with Crippen LogP contribution in [0.1, 0.15) is 27.2 Å². The number of rotatable bonds is 6. The minimum Gasteiger partial charge on any atom is -0.350 e. The van der Waals surface area contributed by atoms with Gasteiger partial charge in [-0.15, -0.1) is 0 Å². The van der Waals surface area contributed by atoms with Gasteiger partial charge in [0.05, 0.1) is 17.4 Å². The average molecular weight is 504 g/mol. The van der Waals surface area contributed by atoms with E-state index >= 15 is 0 Å². The van der Waals surface area contributed by atoms with Crippen LogP contribution in [0.3, 0.4) is 0 Å². The summed E-state index contributed by atoms with van der Waals surface area (Å²) < 4.78 is 48.0. The van der Waals surface area contributed by atoms with Gasteiger partial charge in [-0.3, -0.25) is 9.36 Å². The van der Waals surface area contributed by atoms with E-state index in [2.05, 4.69) is 15.3 Å². The molecule has 1 amide bonds. The third-order valence-corrected chi connectivity index (χ3v) is 8.17. The van der Waals surface area contributed by atoms with Crippen molar-refractivity contribution in [2.45, 2.75) is 20.4 Å². The summed E-state index contributed by atoms with van der Waals surface area (Å²) in [6.07, 6.45) is 0.994. The van der Waals surface area contributed by atoms with Gasteiger partial charge in [-0.1, -0.05) is 28.8 Å². The number of halogens is 3. The van der Waals surface area contributed by atoms with Gasteiger partial charge in [0.1, 0.15) is 11.5 Å². The number of fused-ring (bicyclic) bond motifs is 1. The Balaban J connectivity index is 1.86. The summed E-state index contributed by atoms with van der Waals surface area (Å²) in [6.45, 7) is 3.28. The van der Waals surface area contributed by atoms with Gasteiger partial charge >= 0.3 is 0 Å². The van der Waals surface area contributed by atoms with E-state index in [0.717, 1.165) is 23.4 Å². The van der Waals surface area contributed by atoms with Crippen LogP contribution in [0.15, 0.2) is 48.7 Å². The number of aromatic nitrogens is 2. The third-order valence-electron chi connectivity index (χ3n) is 5.43. The van der Waals surface area contributed by atoms with Gasteiger partial charge in [0.25, 0.3) is 13.3 Å². The first-order chi connectivity index (χ1) is 16.1. The summed E-state index contributed by atoms with van der Waals surface area (Å²) in [6, 6.07) is 11.3. The Labute approximate surface area is 199 Å². The monoisotopic (exact) mass is 503 g/mol. The highest BCUT2D eigenvalue weighted by Gasteiger charge is 2.36. The predicted molar refractivity (Wildman–Crippen MR) is 128 cm³/mol. The van der Waals surface area contributed by atoms with Gasteiger partial charge in [0, 0.05) is 34.5 Å². The molecule has 1 atom stereocenters. The van der Waals surface area contributed by atoms with Gasteiger partial charge in [0.15, 0.2) is 0 Å². The summed E-state index contributed by atoms with van der Waals surface area (Å²) in [4.78, 5) is 19.6. The molecule has 0 radical (unpaired) electrons. The van der Waals surface area contributed by atoms with E-state index in [9.17, 15) is 18.1 Å². The van der Waals surface area contributed by atoms with Crippen molar-refractivity contribution in [3.63, 3.8) is 0 Å². The molecular formula is C24H21ClF2N3O3P. The molecule has 34 heavy (non-hydrogen) atoms. The van der Waals surface area contributed by atoms with Crippen molar-refractivity contribution >= 4 is 46.4 Å². The zero-order valence-corrected chi connectivity index (χ0v) is 20.2. The van der Waals surface area contributed by atoms with Gasteiger partial charge in [0.2, 0.25) is 5.95 Å². The lowest BCUT2D eigenvalue weighted by molar-refractivity contribution is 0.0947. The van der Waals surface area contributed by atoms with E-state index in [1.54, 1.807) is 30.3 Å². The van der Waals surface area contributed by atoms with Crippen LogP contribution in [-0.4, -0.2) is 23.0 Å². The second-order valence-corrected chi connectivity index (χ2v) is 10.7.